The summed E-state index contributed by atoms with van der Waals surface area (Å²) in [4.78, 5) is 7.99. The first kappa shape index (κ1) is 21.9. The molecule has 2 rings (SSSR count). The van der Waals surface area contributed by atoms with E-state index in [1.807, 2.05) is 7.05 Å². The van der Waals surface area contributed by atoms with Gasteiger partial charge in [0.1, 0.15) is 0 Å². The summed E-state index contributed by atoms with van der Waals surface area (Å²) in [7, 11) is 3.97. The van der Waals surface area contributed by atoms with E-state index < -0.39 is 0 Å². The minimum absolute atomic E-state index is 0. The lowest BCUT2D eigenvalue weighted by atomic mass is 10.2. The zero-order chi connectivity index (χ0) is 17.4. The number of rotatable bonds is 7. The minimum atomic E-state index is 0. The van der Waals surface area contributed by atoms with E-state index in [2.05, 4.69) is 89.3 Å². The fourth-order valence-electron chi connectivity index (χ4n) is 2.44. The van der Waals surface area contributed by atoms with Crippen LogP contribution in [0.4, 0.5) is 0 Å². The van der Waals surface area contributed by atoms with Crippen molar-refractivity contribution in [3.8, 4) is 0 Å². The fourth-order valence-corrected chi connectivity index (χ4v) is 3.17. The molecule has 0 fully saturated rings. The summed E-state index contributed by atoms with van der Waals surface area (Å²) in [5.41, 5.74) is 1.33. The van der Waals surface area contributed by atoms with Crippen molar-refractivity contribution in [1.82, 2.24) is 15.5 Å². The molecule has 1 aromatic heterocycles. The number of likely N-dealkylation sites (N-methyl/N-ethyl adjacent to an activating group) is 1. The van der Waals surface area contributed by atoms with Crippen molar-refractivity contribution in [2.45, 2.75) is 32.5 Å². The maximum atomic E-state index is 4.33. The van der Waals surface area contributed by atoms with E-state index in [0.29, 0.717) is 6.04 Å². The lowest BCUT2D eigenvalue weighted by molar-refractivity contribution is 0.249. The molecule has 1 heterocycles. The second-order valence-corrected chi connectivity index (χ2v) is 7.06. The van der Waals surface area contributed by atoms with Gasteiger partial charge in [-0.2, -0.15) is 0 Å². The Morgan fingerprint density at radius 3 is 2.48 bits per heavy atom. The predicted molar refractivity (Wildman–Crippen MR) is 120 cm³/mol. The van der Waals surface area contributed by atoms with Crippen molar-refractivity contribution in [1.29, 1.82) is 0 Å². The van der Waals surface area contributed by atoms with E-state index in [0.717, 1.165) is 19.0 Å². The number of thiophene rings is 1. The number of hydrogen-bond acceptors (Lipinski definition) is 3. The summed E-state index contributed by atoms with van der Waals surface area (Å²) < 4.78 is 0. The molecular formula is C19H29IN4S. The molecule has 0 aliphatic heterocycles. The first-order chi connectivity index (χ1) is 11.6. The quantitative estimate of drug-likeness (QED) is 0.362. The number of benzene rings is 1. The Morgan fingerprint density at radius 1 is 1.16 bits per heavy atom. The van der Waals surface area contributed by atoms with Crippen molar-refractivity contribution >= 4 is 41.3 Å². The summed E-state index contributed by atoms with van der Waals surface area (Å²) in [6.07, 6.45) is 0. The summed E-state index contributed by atoms with van der Waals surface area (Å²) in [5.74, 6) is 0.843. The minimum Gasteiger partial charge on any atom is -0.355 e. The van der Waals surface area contributed by atoms with Crippen molar-refractivity contribution in [2.75, 3.05) is 20.6 Å². The van der Waals surface area contributed by atoms with Crippen LogP contribution in [0.15, 0.2) is 52.8 Å². The molecule has 4 nitrogen and oxygen atoms in total. The van der Waals surface area contributed by atoms with E-state index in [9.17, 15) is 0 Å². The average molecular weight is 472 g/mol. The summed E-state index contributed by atoms with van der Waals surface area (Å²) in [5, 5.41) is 8.98. The van der Waals surface area contributed by atoms with Crippen LogP contribution in [0.3, 0.4) is 0 Å². The lowest BCUT2D eigenvalue weighted by Gasteiger charge is -2.26. The van der Waals surface area contributed by atoms with Gasteiger partial charge in [0, 0.05) is 31.1 Å². The Hall–Kier alpha value is -1.12. The van der Waals surface area contributed by atoms with Crippen molar-refractivity contribution in [3.05, 3.63) is 58.3 Å². The number of nitrogens with zero attached hydrogens (tertiary/aromatic N) is 2. The molecule has 2 atom stereocenters. The molecular weight excluding hydrogens is 443 g/mol. The monoisotopic (exact) mass is 472 g/mol. The molecule has 0 radical (unpaired) electrons. The van der Waals surface area contributed by atoms with Crippen molar-refractivity contribution in [2.24, 2.45) is 4.99 Å². The average Bonchev–Trinajstić information content (AvgIpc) is 3.13. The Balaban J connectivity index is 0.00000312. The molecule has 2 unspecified atom stereocenters. The Labute approximate surface area is 172 Å². The van der Waals surface area contributed by atoms with Gasteiger partial charge in [-0.25, -0.2) is 0 Å². The van der Waals surface area contributed by atoms with Gasteiger partial charge in [0.25, 0.3) is 0 Å². The number of halogens is 1. The largest absolute Gasteiger partial charge is 0.355 e. The van der Waals surface area contributed by atoms with Gasteiger partial charge in [0.05, 0.1) is 6.04 Å². The second kappa shape index (κ2) is 11.5. The third-order valence-corrected chi connectivity index (χ3v) is 5.19. The van der Waals surface area contributed by atoms with Gasteiger partial charge in [-0.3, -0.25) is 9.89 Å². The number of guanidine groups is 1. The Bertz CT molecular complexity index is 616. The van der Waals surface area contributed by atoms with Crippen LogP contribution in [0.5, 0.6) is 0 Å². The molecule has 6 heteroatoms. The van der Waals surface area contributed by atoms with Crippen LogP contribution in [0.25, 0.3) is 0 Å². The van der Waals surface area contributed by atoms with Gasteiger partial charge in [-0.15, -0.1) is 35.3 Å². The highest BCUT2D eigenvalue weighted by atomic mass is 127. The van der Waals surface area contributed by atoms with Crippen LogP contribution in [0.1, 0.15) is 30.3 Å². The van der Waals surface area contributed by atoms with E-state index in [1.54, 1.807) is 11.3 Å². The highest BCUT2D eigenvalue weighted by molar-refractivity contribution is 14.0. The number of hydrogen-bond donors (Lipinski definition) is 2. The smallest absolute Gasteiger partial charge is 0.191 e. The van der Waals surface area contributed by atoms with Crippen molar-refractivity contribution in [3.63, 3.8) is 0 Å². The maximum Gasteiger partial charge on any atom is 0.191 e. The first-order valence-electron chi connectivity index (χ1n) is 8.35. The summed E-state index contributed by atoms with van der Waals surface area (Å²) in [6, 6.07) is 15.4. The summed E-state index contributed by atoms with van der Waals surface area (Å²) >= 11 is 1.76. The molecule has 0 saturated heterocycles. The van der Waals surface area contributed by atoms with Crippen molar-refractivity contribution < 1.29 is 0 Å². The van der Waals surface area contributed by atoms with Crippen LogP contribution in [-0.4, -0.2) is 37.5 Å². The van der Waals surface area contributed by atoms with Crippen LogP contribution < -0.4 is 10.6 Å². The molecule has 0 aliphatic rings. The van der Waals surface area contributed by atoms with E-state index in [1.165, 1.54) is 10.4 Å². The van der Waals surface area contributed by atoms with Crippen LogP contribution in [-0.2, 0) is 6.54 Å². The zero-order valence-electron chi connectivity index (χ0n) is 15.4. The van der Waals surface area contributed by atoms with Gasteiger partial charge in [0.2, 0.25) is 0 Å². The van der Waals surface area contributed by atoms with Gasteiger partial charge in [-0.1, -0.05) is 36.4 Å². The molecule has 0 aliphatic carbocycles. The lowest BCUT2D eigenvalue weighted by Crippen LogP contribution is -2.45. The topological polar surface area (TPSA) is 39.7 Å². The highest BCUT2D eigenvalue weighted by Crippen LogP contribution is 2.17. The van der Waals surface area contributed by atoms with Gasteiger partial charge in [0.15, 0.2) is 5.96 Å². The van der Waals surface area contributed by atoms with E-state index in [-0.39, 0.29) is 30.0 Å². The fraction of sp³-hybridized carbons (Fsp3) is 0.421. The molecule has 2 aromatic rings. The molecule has 0 saturated carbocycles. The summed E-state index contributed by atoms with van der Waals surface area (Å²) in [6.45, 7) is 6.18. The third-order valence-electron chi connectivity index (χ3n) is 4.14. The molecule has 25 heavy (non-hydrogen) atoms. The first-order valence-corrected chi connectivity index (χ1v) is 9.23. The van der Waals surface area contributed by atoms with Crippen LogP contribution in [0, 0.1) is 0 Å². The standard InChI is InChI=1S/C19H28N4S.HI/c1-15(23(4)14-17-9-6-5-7-10-17)13-21-19(20-3)22-16(2)18-11-8-12-24-18;/h5-12,15-16H,13-14H2,1-4H3,(H2,20,21,22);1H. The Kier molecular flexibility index (Phi) is 10.1. The maximum absolute atomic E-state index is 4.33. The Morgan fingerprint density at radius 2 is 1.88 bits per heavy atom. The second-order valence-electron chi connectivity index (χ2n) is 6.08. The zero-order valence-corrected chi connectivity index (χ0v) is 18.5. The van der Waals surface area contributed by atoms with Crippen LogP contribution in [0.2, 0.25) is 0 Å². The van der Waals surface area contributed by atoms with Gasteiger partial charge in [-0.05, 0) is 37.9 Å². The number of aliphatic imine (C=N–C) groups is 1. The molecule has 0 bridgehead atoms. The third kappa shape index (κ3) is 7.33. The number of nitrogens with one attached hydrogen (secondary N) is 2. The SMILES string of the molecule is CN=C(NCC(C)N(C)Cc1ccccc1)NC(C)c1cccs1.I. The predicted octanol–water partition coefficient (Wildman–Crippen LogP) is 4.11. The molecule has 1 aromatic carbocycles. The van der Waals surface area contributed by atoms with Gasteiger partial charge >= 0.3 is 0 Å². The van der Waals surface area contributed by atoms with Gasteiger partial charge < -0.3 is 10.6 Å². The molecule has 2 N–H and O–H groups in total. The molecule has 138 valence electrons. The van der Waals surface area contributed by atoms with Crippen LogP contribution >= 0.6 is 35.3 Å². The molecule has 0 spiro atoms. The highest BCUT2D eigenvalue weighted by Gasteiger charge is 2.12. The normalized spacial score (nSPS) is 13.9. The molecule has 0 amide bonds. The van der Waals surface area contributed by atoms with E-state index >= 15 is 0 Å². The van der Waals surface area contributed by atoms with E-state index in [4.69, 9.17) is 0 Å².